The molecule has 2 saturated heterocycles. The van der Waals surface area contributed by atoms with Gasteiger partial charge in [-0.2, -0.15) is 0 Å². The van der Waals surface area contributed by atoms with Crippen LogP contribution < -0.4 is 14.8 Å². The third kappa shape index (κ3) is 2.88. The Morgan fingerprint density at radius 3 is 2.76 bits per heavy atom. The molecule has 3 aliphatic rings. The average molecular weight is 345 g/mol. The quantitative estimate of drug-likeness (QED) is 0.814. The van der Waals surface area contributed by atoms with E-state index in [0.717, 1.165) is 23.3 Å². The number of hydrogen-bond donors (Lipinski definition) is 1. The highest BCUT2D eigenvalue weighted by atomic mass is 16.6. The summed E-state index contributed by atoms with van der Waals surface area (Å²) >= 11 is 0. The molecule has 3 aliphatic heterocycles. The summed E-state index contributed by atoms with van der Waals surface area (Å²) in [4.78, 5) is 38.7. The number of benzene rings is 1. The highest BCUT2D eigenvalue weighted by molar-refractivity contribution is 6.04. The molecule has 4 rings (SSSR count). The summed E-state index contributed by atoms with van der Waals surface area (Å²) in [5, 5.41) is 2.43. The van der Waals surface area contributed by atoms with Gasteiger partial charge in [0, 0.05) is 6.54 Å². The van der Waals surface area contributed by atoms with E-state index in [1.54, 1.807) is 4.90 Å². The van der Waals surface area contributed by atoms with Crippen LogP contribution in [0.4, 0.5) is 4.79 Å². The van der Waals surface area contributed by atoms with E-state index in [1.807, 2.05) is 18.2 Å². The predicted octanol–water partition coefficient (Wildman–Crippen LogP) is 0.673. The predicted molar refractivity (Wildman–Crippen MR) is 86.2 cm³/mol. The van der Waals surface area contributed by atoms with Crippen molar-refractivity contribution in [3.05, 3.63) is 23.8 Å². The van der Waals surface area contributed by atoms with Gasteiger partial charge in [-0.25, -0.2) is 4.79 Å². The van der Waals surface area contributed by atoms with Gasteiger partial charge in [0.15, 0.2) is 11.5 Å². The van der Waals surface area contributed by atoms with Crippen LogP contribution in [0.2, 0.25) is 0 Å². The van der Waals surface area contributed by atoms with Gasteiger partial charge in [-0.3, -0.25) is 14.5 Å². The second kappa shape index (κ2) is 6.27. The number of imide groups is 1. The van der Waals surface area contributed by atoms with Gasteiger partial charge in [0.2, 0.25) is 5.91 Å². The van der Waals surface area contributed by atoms with Crippen molar-refractivity contribution in [3.63, 3.8) is 0 Å². The van der Waals surface area contributed by atoms with E-state index < -0.39 is 6.03 Å². The molecular weight excluding hydrogens is 326 g/mol. The number of fused-ring (bicyclic) bond motifs is 1. The number of rotatable bonds is 3. The van der Waals surface area contributed by atoms with E-state index >= 15 is 0 Å². The van der Waals surface area contributed by atoms with Gasteiger partial charge >= 0.3 is 6.03 Å². The fourth-order valence-corrected chi connectivity index (χ4v) is 3.52. The lowest BCUT2D eigenvalue weighted by molar-refractivity contribution is -0.137. The van der Waals surface area contributed by atoms with Crippen molar-refractivity contribution in [2.24, 2.45) is 0 Å². The monoisotopic (exact) mass is 345 g/mol. The highest BCUT2D eigenvalue weighted by Crippen LogP contribution is 2.38. The Bertz CT molecular complexity index is 719. The van der Waals surface area contributed by atoms with Crippen LogP contribution in [0, 0.1) is 0 Å². The standard InChI is InChI=1S/C17H19N3O5/c21-15-9-18-17(23)20(15)10-16(22)19-5-1-2-12(19)11-3-4-13-14(8-11)25-7-6-24-13/h3-4,8,12H,1-2,5-7,9-10H2,(H,18,23)/t12-/m0/s1. The number of amides is 4. The van der Waals surface area contributed by atoms with Gasteiger partial charge in [0.1, 0.15) is 19.8 Å². The molecular formula is C17H19N3O5. The van der Waals surface area contributed by atoms with Crippen LogP contribution in [0.1, 0.15) is 24.4 Å². The first kappa shape index (κ1) is 15.7. The minimum absolute atomic E-state index is 0.0439. The summed E-state index contributed by atoms with van der Waals surface area (Å²) < 4.78 is 11.2. The summed E-state index contributed by atoms with van der Waals surface area (Å²) in [6.07, 6.45) is 1.72. The van der Waals surface area contributed by atoms with Crippen LogP contribution in [0.15, 0.2) is 18.2 Å². The molecule has 132 valence electrons. The third-order valence-corrected chi connectivity index (χ3v) is 4.75. The van der Waals surface area contributed by atoms with Crippen LogP contribution in [0.25, 0.3) is 0 Å². The summed E-state index contributed by atoms with van der Waals surface area (Å²) in [5.41, 5.74) is 0.979. The lowest BCUT2D eigenvalue weighted by Gasteiger charge is -2.27. The van der Waals surface area contributed by atoms with Crippen molar-refractivity contribution in [2.75, 3.05) is 32.8 Å². The van der Waals surface area contributed by atoms with Crippen molar-refractivity contribution in [1.29, 1.82) is 0 Å². The van der Waals surface area contributed by atoms with Crippen molar-refractivity contribution < 1.29 is 23.9 Å². The molecule has 4 amide bonds. The van der Waals surface area contributed by atoms with Crippen LogP contribution >= 0.6 is 0 Å². The molecule has 1 aromatic rings. The maximum atomic E-state index is 12.7. The Morgan fingerprint density at radius 1 is 1.20 bits per heavy atom. The Balaban J connectivity index is 1.51. The Morgan fingerprint density at radius 2 is 2.00 bits per heavy atom. The zero-order chi connectivity index (χ0) is 17.4. The van der Waals surface area contributed by atoms with Crippen molar-refractivity contribution >= 4 is 17.8 Å². The molecule has 25 heavy (non-hydrogen) atoms. The molecule has 1 aromatic carbocycles. The number of ether oxygens (including phenoxy) is 2. The minimum Gasteiger partial charge on any atom is -0.486 e. The van der Waals surface area contributed by atoms with Gasteiger partial charge in [-0.05, 0) is 30.5 Å². The van der Waals surface area contributed by atoms with Gasteiger partial charge in [0.25, 0.3) is 5.91 Å². The largest absolute Gasteiger partial charge is 0.486 e. The fourth-order valence-electron chi connectivity index (χ4n) is 3.52. The fraction of sp³-hybridized carbons (Fsp3) is 0.471. The first-order valence-electron chi connectivity index (χ1n) is 8.41. The summed E-state index contributed by atoms with van der Waals surface area (Å²) in [7, 11) is 0. The summed E-state index contributed by atoms with van der Waals surface area (Å²) in [5.74, 6) is 0.818. The Hall–Kier alpha value is -2.77. The maximum Gasteiger partial charge on any atom is 0.325 e. The van der Waals surface area contributed by atoms with E-state index in [-0.39, 0.29) is 30.9 Å². The lowest BCUT2D eigenvalue weighted by atomic mass is 10.0. The number of nitrogens with one attached hydrogen (secondary N) is 1. The zero-order valence-electron chi connectivity index (χ0n) is 13.7. The molecule has 0 unspecified atom stereocenters. The summed E-state index contributed by atoms with van der Waals surface area (Å²) in [6.45, 7) is 1.40. The molecule has 1 atom stereocenters. The molecule has 1 N–H and O–H groups in total. The molecule has 0 aromatic heterocycles. The molecule has 8 nitrogen and oxygen atoms in total. The van der Waals surface area contributed by atoms with Gasteiger partial charge in [0.05, 0.1) is 12.6 Å². The van der Waals surface area contributed by atoms with E-state index in [9.17, 15) is 14.4 Å². The molecule has 0 radical (unpaired) electrons. The number of hydrogen-bond acceptors (Lipinski definition) is 5. The van der Waals surface area contributed by atoms with Gasteiger partial charge in [-0.15, -0.1) is 0 Å². The van der Waals surface area contributed by atoms with Crippen LogP contribution in [0.5, 0.6) is 11.5 Å². The van der Waals surface area contributed by atoms with E-state index in [0.29, 0.717) is 31.3 Å². The van der Waals surface area contributed by atoms with Gasteiger partial charge in [-0.1, -0.05) is 6.07 Å². The Labute approximate surface area is 144 Å². The normalized spacial score (nSPS) is 22.3. The second-order valence-electron chi connectivity index (χ2n) is 6.29. The van der Waals surface area contributed by atoms with Crippen LogP contribution in [-0.2, 0) is 9.59 Å². The minimum atomic E-state index is -0.506. The van der Waals surface area contributed by atoms with E-state index in [2.05, 4.69) is 5.32 Å². The smallest absolute Gasteiger partial charge is 0.325 e. The average Bonchev–Trinajstić information content (AvgIpc) is 3.23. The number of likely N-dealkylation sites (tertiary alicyclic amines) is 1. The first-order valence-corrected chi connectivity index (χ1v) is 8.41. The molecule has 0 aliphatic carbocycles. The van der Waals surface area contributed by atoms with Gasteiger partial charge < -0.3 is 19.7 Å². The third-order valence-electron chi connectivity index (χ3n) is 4.75. The summed E-state index contributed by atoms with van der Waals surface area (Å²) in [6, 6.07) is 5.13. The topological polar surface area (TPSA) is 88.2 Å². The van der Waals surface area contributed by atoms with Crippen molar-refractivity contribution in [3.8, 4) is 11.5 Å². The highest BCUT2D eigenvalue weighted by Gasteiger charge is 2.35. The number of nitrogens with zero attached hydrogens (tertiary/aromatic N) is 2. The number of carbonyl (C=O) groups excluding carboxylic acids is 3. The number of urea groups is 1. The van der Waals surface area contributed by atoms with Crippen LogP contribution in [0.3, 0.4) is 0 Å². The van der Waals surface area contributed by atoms with Crippen LogP contribution in [-0.4, -0.2) is 60.5 Å². The maximum absolute atomic E-state index is 12.7. The Kier molecular flexibility index (Phi) is 3.95. The van der Waals surface area contributed by atoms with Crippen molar-refractivity contribution in [1.82, 2.24) is 15.1 Å². The molecule has 8 heteroatoms. The molecule has 0 saturated carbocycles. The second-order valence-corrected chi connectivity index (χ2v) is 6.29. The first-order chi connectivity index (χ1) is 12.1. The SMILES string of the molecule is O=C1CNC(=O)N1CC(=O)N1CCC[C@H]1c1ccc2c(c1)OCCO2. The molecule has 3 heterocycles. The molecule has 0 bridgehead atoms. The lowest BCUT2D eigenvalue weighted by Crippen LogP contribution is -2.42. The molecule has 0 spiro atoms. The van der Waals surface area contributed by atoms with E-state index in [4.69, 9.17) is 9.47 Å². The van der Waals surface area contributed by atoms with E-state index in [1.165, 1.54) is 0 Å². The zero-order valence-corrected chi connectivity index (χ0v) is 13.7. The number of carbonyl (C=O) groups is 3. The van der Waals surface area contributed by atoms with Crippen molar-refractivity contribution in [2.45, 2.75) is 18.9 Å². The molecule has 2 fully saturated rings.